The summed E-state index contributed by atoms with van der Waals surface area (Å²) in [6, 6.07) is 1.60. The van der Waals surface area contributed by atoms with Gasteiger partial charge in [0.05, 0.1) is 5.75 Å². The highest BCUT2D eigenvalue weighted by Crippen LogP contribution is 2.20. The van der Waals surface area contributed by atoms with E-state index in [0.717, 1.165) is 6.42 Å². The molecule has 94 valence electrons. The zero-order valence-corrected chi connectivity index (χ0v) is 11.0. The van der Waals surface area contributed by atoms with Crippen LogP contribution in [0.1, 0.15) is 20.3 Å². The van der Waals surface area contributed by atoms with Gasteiger partial charge in [0.25, 0.3) is 0 Å². The smallest absolute Gasteiger partial charge is 0.227 e. The molecule has 0 spiro atoms. The lowest BCUT2D eigenvalue weighted by molar-refractivity contribution is 0.449. The van der Waals surface area contributed by atoms with E-state index in [1.807, 2.05) is 19.9 Å². The average Bonchev–Trinajstić information content (AvgIpc) is 2.31. The third-order valence-electron chi connectivity index (χ3n) is 2.81. The van der Waals surface area contributed by atoms with Gasteiger partial charge in [-0.25, -0.2) is 18.4 Å². The summed E-state index contributed by atoms with van der Waals surface area (Å²) in [5.41, 5.74) is 0. The maximum atomic E-state index is 12.0. The monoisotopic (exact) mass is 254 g/mol. The summed E-state index contributed by atoms with van der Waals surface area (Å²) in [7, 11) is -3.39. The molecule has 0 N–H and O–H groups in total. The van der Waals surface area contributed by atoms with Gasteiger partial charge < -0.3 is 0 Å². The van der Waals surface area contributed by atoms with Crippen molar-refractivity contribution in [2.24, 2.45) is 11.8 Å². The van der Waals surface area contributed by atoms with Crippen LogP contribution in [-0.4, -0.2) is 24.1 Å². The fraction of sp³-hybridized carbons (Fsp3) is 0.500. The third kappa shape index (κ3) is 3.63. The van der Waals surface area contributed by atoms with E-state index in [1.165, 1.54) is 12.4 Å². The molecule has 0 fully saturated rings. The highest BCUT2D eigenvalue weighted by Gasteiger charge is 2.24. The van der Waals surface area contributed by atoms with Crippen LogP contribution in [0.4, 0.5) is 0 Å². The van der Waals surface area contributed by atoms with Crippen molar-refractivity contribution in [2.75, 3.05) is 5.75 Å². The molecular weight excluding hydrogens is 236 g/mol. The first-order valence-electron chi connectivity index (χ1n) is 5.63. The molecule has 0 aromatic carbocycles. The van der Waals surface area contributed by atoms with Crippen LogP contribution in [0.25, 0.3) is 0 Å². The molecule has 2 atom stereocenters. The first kappa shape index (κ1) is 13.8. The molecule has 0 saturated heterocycles. The van der Waals surface area contributed by atoms with Crippen LogP contribution >= 0.6 is 0 Å². The molecule has 1 rings (SSSR count). The lowest BCUT2D eigenvalue weighted by atomic mass is 9.93. The highest BCUT2D eigenvalue weighted by atomic mass is 32.2. The van der Waals surface area contributed by atoms with Crippen molar-refractivity contribution < 1.29 is 8.42 Å². The van der Waals surface area contributed by atoms with Crippen molar-refractivity contribution >= 4 is 9.84 Å². The molecule has 1 aromatic heterocycles. The summed E-state index contributed by atoms with van der Waals surface area (Å²) in [5, 5.41) is -0.0919. The van der Waals surface area contributed by atoms with Crippen molar-refractivity contribution in [1.29, 1.82) is 0 Å². The Hall–Kier alpha value is -1.23. The topological polar surface area (TPSA) is 59.9 Å². The maximum absolute atomic E-state index is 12.0. The highest BCUT2D eigenvalue weighted by molar-refractivity contribution is 7.91. The van der Waals surface area contributed by atoms with Gasteiger partial charge in [-0.2, -0.15) is 0 Å². The summed E-state index contributed by atoms with van der Waals surface area (Å²) in [6.45, 7) is 7.66. The van der Waals surface area contributed by atoms with Gasteiger partial charge in [0.1, 0.15) is 0 Å². The van der Waals surface area contributed by atoms with Crippen molar-refractivity contribution in [3.05, 3.63) is 31.1 Å². The molecular formula is C12H18N2O2S. The van der Waals surface area contributed by atoms with Crippen molar-refractivity contribution in [3.63, 3.8) is 0 Å². The van der Waals surface area contributed by atoms with Gasteiger partial charge in [0.2, 0.25) is 15.0 Å². The normalized spacial score (nSPS) is 15.2. The SMILES string of the molecule is C=C[C@@H](CC)[C@@H](C)CS(=O)(=O)c1ncccn1. The van der Waals surface area contributed by atoms with Crippen LogP contribution in [0.5, 0.6) is 0 Å². The minimum Gasteiger partial charge on any atom is -0.227 e. The van der Waals surface area contributed by atoms with Crippen molar-refractivity contribution in [1.82, 2.24) is 9.97 Å². The predicted octanol–water partition coefficient (Wildman–Crippen LogP) is 2.10. The lowest BCUT2D eigenvalue weighted by Crippen LogP contribution is -2.21. The minimum atomic E-state index is -3.39. The number of allylic oxidation sites excluding steroid dienone is 1. The molecule has 1 heterocycles. The lowest BCUT2D eigenvalue weighted by Gasteiger charge is -2.18. The fourth-order valence-electron chi connectivity index (χ4n) is 1.79. The second-order valence-corrected chi connectivity index (χ2v) is 6.03. The molecule has 0 bridgehead atoms. The zero-order chi connectivity index (χ0) is 12.9. The molecule has 0 amide bonds. The van der Waals surface area contributed by atoms with Gasteiger partial charge in [0.15, 0.2) is 0 Å². The Kier molecular flexibility index (Phi) is 4.81. The van der Waals surface area contributed by atoms with Crippen LogP contribution in [0.15, 0.2) is 36.3 Å². The molecule has 0 aliphatic heterocycles. The standard InChI is InChI=1S/C12H18N2O2S/c1-4-11(5-2)10(3)9-17(15,16)12-13-7-6-8-14-12/h4,6-8,10-11H,1,5,9H2,2-3H3/t10-,11-/m0/s1. The molecule has 0 radical (unpaired) electrons. The third-order valence-corrected chi connectivity index (χ3v) is 4.54. The van der Waals surface area contributed by atoms with Gasteiger partial charge in [-0.05, 0) is 24.3 Å². The fourth-order valence-corrected chi connectivity index (χ4v) is 3.32. The van der Waals surface area contributed by atoms with Crippen LogP contribution < -0.4 is 0 Å². The van der Waals surface area contributed by atoms with E-state index < -0.39 is 9.84 Å². The van der Waals surface area contributed by atoms with E-state index in [2.05, 4.69) is 16.5 Å². The van der Waals surface area contributed by atoms with Gasteiger partial charge in [0, 0.05) is 12.4 Å². The maximum Gasteiger partial charge on any atom is 0.247 e. The minimum absolute atomic E-state index is 0.0197. The average molecular weight is 254 g/mol. The first-order chi connectivity index (χ1) is 8.01. The quantitative estimate of drug-likeness (QED) is 0.576. The number of hydrogen-bond donors (Lipinski definition) is 0. The molecule has 0 aliphatic rings. The summed E-state index contributed by atoms with van der Waals surface area (Å²) in [5.74, 6) is 0.279. The van der Waals surface area contributed by atoms with E-state index in [1.54, 1.807) is 6.07 Å². The Morgan fingerprint density at radius 2 is 2.00 bits per heavy atom. The second-order valence-electron chi connectivity index (χ2n) is 4.10. The Morgan fingerprint density at radius 3 is 2.47 bits per heavy atom. The molecule has 1 aromatic rings. The summed E-state index contributed by atoms with van der Waals surface area (Å²) < 4.78 is 24.0. The molecule has 4 nitrogen and oxygen atoms in total. The van der Waals surface area contributed by atoms with Crippen LogP contribution in [0.2, 0.25) is 0 Å². The summed E-state index contributed by atoms with van der Waals surface area (Å²) in [4.78, 5) is 7.58. The van der Waals surface area contributed by atoms with Crippen molar-refractivity contribution in [2.45, 2.75) is 25.4 Å². The molecule has 0 unspecified atom stereocenters. The van der Waals surface area contributed by atoms with Crippen molar-refractivity contribution in [3.8, 4) is 0 Å². The van der Waals surface area contributed by atoms with Gasteiger partial charge in [-0.3, -0.25) is 0 Å². The van der Waals surface area contributed by atoms with Crippen LogP contribution in [0, 0.1) is 11.8 Å². The number of rotatable bonds is 6. The van der Waals surface area contributed by atoms with Gasteiger partial charge >= 0.3 is 0 Å². The molecule has 17 heavy (non-hydrogen) atoms. The first-order valence-corrected chi connectivity index (χ1v) is 7.28. The van der Waals surface area contributed by atoms with E-state index in [-0.39, 0.29) is 22.7 Å². The predicted molar refractivity (Wildman–Crippen MR) is 67.2 cm³/mol. The zero-order valence-electron chi connectivity index (χ0n) is 10.2. The van der Waals surface area contributed by atoms with Gasteiger partial charge in [-0.15, -0.1) is 6.58 Å². The summed E-state index contributed by atoms with van der Waals surface area (Å²) >= 11 is 0. The van der Waals surface area contributed by atoms with E-state index >= 15 is 0 Å². The Morgan fingerprint density at radius 1 is 1.41 bits per heavy atom. The van der Waals surface area contributed by atoms with Crippen LogP contribution in [0.3, 0.4) is 0 Å². The molecule has 5 heteroatoms. The second kappa shape index (κ2) is 5.91. The molecule has 0 saturated carbocycles. The Balaban J connectivity index is 2.84. The van der Waals surface area contributed by atoms with E-state index in [0.29, 0.717) is 0 Å². The van der Waals surface area contributed by atoms with Gasteiger partial charge in [-0.1, -0.05) is 19.9 Å². The summed E-state index contributed by atoms with van der Waals surface area (Å²) in [6.07, 6.45) is 5.58. The molecule has 0 aliphatic carbocycles. The number of hydrogen-bond acceptors (Lipinski definition) is 4. The van der Waals surface area contributed by atoms with Crippen LogP contribution in [-0.2, 0) is 9.84 Å². The number of sulfone groups is 1. The number of nitrogens with zero attached hydrogens (tertiary/aromatic N) is 2. The van der Waals surface area contributed by atoms with E-state index in [9.17, 15) is 8.42 Å². The Bertz CT molecular complexity index is 457. The largest absolute Gasteiger partial charge is 0.247 e. The number of aromatic nitrogens is 2. The Labute approximate surface area is 103 Å². The van der Waals surface area contributed by atoms with E-state index in [4.69, 9.17) is 0 Å².